The van der Waals surface area contributed by atoms with Crippen LogP contribution in [0.5, 0.6) is 5.75 Å². The summed E-state index contributed by atoms with van der Waals surface area (Å²) in [4.78, 5) is 0. The lowest BCUT2D eigenvalue weighted by Gasteiger charge is -2.23. The third-order valence-corrected chi connectivity index (χ3v) is 5.13. The topological polar surface area (TPSA) is 21.3 Å². The Kier molecular flexibility index (Phi) is 6.35. The van der Waals surface area contributed by atoms with Crippen LogP contribution in [0.2, 0.25) is 0 Å². The SMILES string of the molecule is Brc1ccc2c(Br)c(OCC3CCNCC3)ccc2c1.Cl. The summed E-state index contributed by atoms with van der Waals surface area (Å²) < 4.78 is 8.18. The van der Waals surface area contributed by atoms with E-state index in [2.05, 4.69) is 67.5 Å². The summed E-state index contributed by atoms with van der Waals surface area (Å²) in [6.07, 6.45) is 2.41. The lowest BCUT2D eigenvalue weighted by molar-refractivity contribution is 0.214. The third-order valence-electron chi connectivity index (χ3n) is 3.81. The number of benzene rings is 2. The minimum absolute atomic E-state index is 0. The summed E-state index contributed by atoms with van der Waals surface area (Å²) in [5, 5.41) is 5.78. The maximum atomic E-state index is 6.03. The second-order valence-electron chi connectivity index (χ2n) is 5.25. The van der Waals surface area contributed by atoms with E-state index in [-0.39, 0.29) is 12.4 Å². The Labute approximate surface area is 148 Å². The molecule has 0 aromatic heterocycles. The smallest absolute Gasteiger partial charge is 0.134 e. The monoisotopic (exact) mass is 433 g/mol. The average molecular weight is 436 g/mol. The van der Waals surface area contributed by atoms with E-state index >= 15 is 0 Å². The molecule has 1 aliphatic heterocycles. The van der Waals surface area contributed by atoms with Crippen molar-refractivity contribution in [1.29, 1.82) is 0 Å². The molecule has 0 saturated carbocycles. The van der Waals surface area contributed by atoms with Crippen molar-refractivity contribution in [2.45, 2.75) is 12.8 Å². The predicted octanol–water partition coefficient (Wildman–Crippen LogP) is 5.17. The molecule has 1 N–H and O–H groups in total. The van der Waals surface area contributed by atoms with Gasteiger partial charge in [0.15, 0.2) is 0 Å². The summed E-state index contributed by atoms with van der Waals surface area (Å²) in [5.41, 5.74) is 0. The summed E-state index contributed by atoms with van der Waals surface area (Å²) in [5.74, 6) is 1.61. The van der Waals surface area contributed by atoms with Gasteiger partial charge in [0.2, 0.25) is 0 Å². The highest BCUT2D eigenvalue weighted by molar-refractivity contribution is 9.11. The fourth-order valence-corrected chi connectivity index (χ4v) is 3.60. The van der Waals surface area contributed by atoms with Crippen molar-refractivity contribution in [2.75, 3.05) is 19.7 Å². The highest BCUT2D eigenvalue weighted by Crippen LogP contribution is 2.34. The first-order chi connectivity index (χ1) is 9.74. The largest absolute Gasteiger partial charge is 0.492 e. The van der Waals surface area contributed by atoms with Gasteiger partial charge in [-0.05, 0) is 76.8 Å². The molecule has 114 valence electrons. The first-order valence-electron chi connectivity index (χ1n) is 6.95. The van der Waals surface area contributed by atoms with Crippen molar-refractivity contribution in [3.05, 3.63) is 39.3 Å². The molecule has 0 unspecified atom stereocenters. The van der Waals surface area contributed by atoms with Crippen LogP contribution in [0.15, 0.2) is 39.3 Å². The van der Waals surface area contributed by atoms with E-state index < -0.39 is 0 Å². The number of ether oxygens (including phenoxy) is 1. The maximum absolute atomic E-state index is 6.03. The predicted molar refractivity (Wildman–Crippen MR) is 97.7 cm³/mol. The van der Waals surface area contributed by atoms with Gasteiger partial charge in [-0.2, -0.15) is 0 Å². The number of piperidine rings is 1. The van der Waals surface area contributed by atoms with E-state index in [0.717, 1.165) is 34.4 Å². The molecule has 1 saturated heterocycles. The number of fused-ring (bicyclic) bond motifs is 1. The Morgan fingerprint density at radius 2 is 1.86 bits per heavy atom. The molecule has 3 rings (SSSR count). The molecule has 1 fully saturated rings. The maximum Gasteiger partial charge on any atom is 0.134 e. The van der Waals surface area contributed by atoms with E-state index in [0.29, 0.717) is 5.92 Å². The Bertz CT molecular complexity index is 614. The van der Waals surface area contributed by atoms with Crippen LogP contribution >= 0.6 is 44.3 Å². The number of nitrogens with one attached hydrogen (secondary N) is 1. The molecule has 0 bridgehead atoms. The Morgan fingerprint density at radius 1 is 1.10 bits per heavy atom. The quantitative estimate of drug-likeness (QED) is 0.719. The minimum Gasteiger partial charge on any atom is -0.492 e. The Balaban J connectivity index is 0.00000161. The van der Waals surface area contributed by atoms with Crippen LogP contribution in [0.1, 0.15) is 12.8 Å². The first kappa shape index (κ1) is 17.1. The molecule has 5 heteroatoms. The van der Waals surface area contributed by atoms with E-state index in [1.807, 2.05) is 0 Å². The summed E-state index contributed by atoms with van der Waals surface area (Å²) in [7, 11) is 0. The van der Waals surface area contributed by atoms with Gasteiger partial charge < -0.3 is 10.1 Å². The van der Waals surface area contributed by atoms with Crippen LogP contribution in [0.4, 0.5) is 0 Å². The lowest BCUT2D eigenvalue weighted by Crippen LogP contribution is -2.30. The van der Waals surface area contributed by atoms with Gasteiger partial charge in [-0.15, -0.1) is 12.4 Å². The number of rotatable bonds is 3. The highest BCUT2D eigenvalue weighted by Gasteiger charge is 2.14. The third kappa shape index (κ3) is 4.13. The van der Waals surface area contributed by atoms with Crippen LogP contribution in [-0.4, -0.2) is 19.7 Å². The molecule has 21 heavy (non-hydrogen) atoms. The number of hydrogen-bond acceptors (Lipinski definition) is 2. The van der Waals surface area contributed by atoms with Gasteiger partial charge in [0.05, 0.1) is 11.1 Å². The van der Waals surface area contributed by atoms with Crippen molar-refractivity contribution >= 4 is 55.0 Å². The average Bonchev–Trinajstić information content (AvgIpc) is 2.47. The molecule has 0 amide bonds. The minimum atomic E-state index is 0. The summed E-state index contributed by atoms with van der Waals surface area (Å²) >= 11 is 7.18. The molecule has 0 spiro atoms. The zero-order valence-electron chi connectivity index (χ0n) is 11.6. The fraction of sp³-hybridized carbons (Fsp3) is 0.375. The van der Waals surface area contributed by atoms with Crippen LogP contribution in [0.25, 0.3) is 10.8 Å². The molecule has 1 heterocycles. The molecule has 0 radical (unpaired) electrons. The second-order valence-corrected chi connectivity index (χ2v) is 6.96. The molecule has 2 aromatic rings. The Hall–Kier alpha value is -0.290. The molecular formula is C16H18Br2ClNO. The van der Waals surface area contributed by atoms with Gasteiger partial charge in [0.1, 0.15) is 5.75 Å². The molecule has 0 aliphatic carbocycles. The zero-order chi connectivity index (χ0) is 13.9. The van der Waals surface area contributed by atoms with Gasteiger partial charge in [0.25, 0.3) is 0 Å². The van der Waals surface area contributed by atoms with Crippen molar-refractivity contribution in [3.63, 3.8) is 0 Å². The fourth-order valence-electron chi connectivity index (χ4n) is 2.61. The lowest BCUT2D eigenvalue weighted by atomic mass is 9.99. The molecule has 2 aromatic carbocycles. The van der Waals surface area contributed by atoms with Crippen LogP contribution in [0.3, 0.4) is 0 Å². The van der Waals surface area contributed by atoms with Gasteiger partial charge in [0, 0.05) is 4.47 Å². The summed E-state index contributed by atoms with van der Waals surface area (Å²) in [6, 6.07) is 10.5. The normalized spacial score (nSPS) is 15.7. The van der Waals surface area contributed by atoms with Crippen LogP contribution in [-0.2, 0) is 0 Å². The number of hydrogen-bond donors (Lipinski definition) is 1. The first-order valence-corrected chi connectivity index (χ1v) is 8.54. The van der Waals surface area contributed by atoms with E-state index in [1.54, 1.807) is 0 Å². The second kappa shape index (κ2) is 7.82. The molecule has 1 aliphatic rings. The zero-order valence-corrected chi connectivity index (χ0v) is 15.6. The molecule has 2 nitrogen and oxygen atoms in total. The van der Waals surface area contributed by atoms with Crippen molar-refractivity contribution in [2.24, 2.45) is 5.92 Å². The highest BCUT2D eigenvalue weighted by atomic mass is 79.9. The van der Waals surface area contributed by atoms with Gasteiger partial charge in [-0.25, -0.2) is 0 Å². The molecule has 0 atom stereocenters. The van der Waals surface area contributed by atoms with E-state index in [9.17, 15) is 0 Å². The van der Waals surface area contributed by atoms with Gasteiger partial charge in [-0.3, -0.25) is 0 Å². The van der Waals surface area contributed by atoms with Gasteiger partial charge >= 0.3 is 0 Å². The standard InChI is InChI=1S/C16H17Br2NO.ClH/c17-13-2-3-14-12(9-13)1-4-15(16(14)18)20-10-11-5-7-19-8-6-11;/h1-4,9,11,19H,5-8,10H2;1H. The summed E-state index contributed by atoms with van der Waals surface area (Å²) in [6.45, 7) is 3.03. The van der Waals surface area contributed by atoms with Crippen molar-refractivity contribution < 1.29 is 4.74 Å². The van der Waals surface area contributed by atoms with Crippen LogP contribution in [0, 0.1) is 5.92 Å². The molecular weight excluding hydrogens is 417 g/mol. The van der Waals surface area contributed by atoms with E-state index in [4.69, 9.17) is 4.74 Å². The van der Waals surface area contributed by atoms with Crippen LogP contribution < -0.4 is 10.1 Å². The Morgan fingerprint density at radius 3 is 2.62 bits per heavy atom. The van der Waals surface area contributed by atoms with E-state index in [1.165, 1.54) is 23.6 Å². The van der Waals surface area contributed by atoms with Crippen molar-refractivity contribution in [3.8, 4) is 5.75 Å². The van der Waals surface area contributed by atoms with Gasteiger partial charge in [-0.1, -0.05) is 28.1 Å². The number of halogens is 3. The van der Waals surface area contributed by atoms with Crippen molar-refractivity contribution in [1.82, 2.24) is 5.32 Å².